The summed E-state index contributed by atoms with van der Waals surface area (Å²) >= 11 is 0. The molecule has 1 amide bonds. The third-order valence-corrected chi connectivity index (χ3v) is 2.33. The van der Waals surface area contributed by atoms with E-state index in [1.807, 2.05) is 37.3 Å². The normalized spacial score (nSPS) is 10.2. The van der Waals surface area contributed by atoms with Crippen LogP contribution in [0.15, 0.2) is 35.1 Å². The van der Waals surface area contributed by atoms with Gasteiger partial charge >= 0.3 is 5.69 Å². The molecule has 6 heteroatoms. The van der Waals surface area contributed by atoms with E-state index in [-0.39, 0.29) is 11.7 Å². The molecular weight excluding hydrogens is 220 g/mol. The lowest BCUT2D eigenvalue weighted by Crippen LogP contribution is -2.31. The number of para-hydroxylation sites is 1. The predicted octanol–water partition coefficient (Wildman–Crippen LogP) is 0.765. The molecule has 6 nitrogen and oxygen atoms in total. The first kappa shape index (κ1) is 11.1. The maximum Gasteiger partial charge on any atom is 0.341 e. The van der Waals surface area contributed by atoms with Gasteiger partial charge < -0.3 is 4.90 Å². The Hall–Kier alpha value is -2.37. The first-order valence-corrected chi connectivity index (χ1v) is 5.24. The van der Waals surface area contributed by atoms with E-state index in [4.69, 9.17) is 0 Å². The number of anilines is 1. The zero-order chi connectivity index (χ0) is 12.3. The molecule has 0 spiro atoms. The highest BCUT2D eigenvalue weighted by Crippen LogP contribution is 2.14. The number of nitrogens with zero attached hydrogens (tertiary/aromatic N) is 2. The fourth-order valence-electron chi connectivity index (χ4n) is 1.55. The summed E-state index contributed by atoms with van der Waals surface area (Å²) in [6.45, 7) is 2.35. The van der Waals surface area contributed by atoms with Crippen LogP contribution in [-0.4, -0.2) is 27.6 Å². The van der Waals surface area contributed by atoms with Crippen molar-refractivity contribution in [1.82, 2.24) is 15.2 Å². The molecule has 0 fully saturated rings. The molecule has 2 aromatic rings. The highest BCUT2D eigenvalue weighted by Gasteiger charge is 2.18. The molecule has 2 rings (SSSR count). The van der Waals surface area contributed by atoms with Crippen LogP contribution in [0.25, 0.3) is 0 Å². The molecule has 1 heterocycles. The van der Waals surface area contributed by atoms with E-state index in [1.165, 1.54) is 4.90 Å². The van der Waals surface area contributed by atoms with Crippen molar-refractivity contribution < 1.29 is 4.79 Å². The molecule has 0 aliphatic heterocycles. The summed E-state index contributed by atoms with van der Waals surface area (Å²) in [5, 5.41) is 5.80. The molecule has 0 radical (unpaired) electrons. The average molecular weight is 232 g/mol. The zero-order valence-corrected chi connectivity index (χ0v) is 9.30. The molecule has 0 saturated carbocycles. The van der Waals surface area contributed by atoms with E-state index in [0.717, 1.165) is 5.69 Å². The van der Waals surface area contributed by atoms with Crippen LogP contribution in [0, 0.1) is 0 Å². The lowest BCUT2D eigenvalue weighted by atomic mass is 10.3. The van der Waals surface area contributed by atoms with E-state index in [9.17, 15) is 9.59 Å². The van der Waals surface area contributed by atoms with Crippen LogP contribution in [0.3, 0.4) is 0 Å². The minimum Gasteiger partial charge on any atom is -0.306 e. The minimum atomic E-state index is -0.488. The summed E-state index contributed by atoms with van der Waals surface area (Å²) in [5.41, 5.74) is 0.279. The maximum absolute atomic E-state index is 12.1. The number of aromatic amines is 2. The van der Waals surface area contributed by atoms with Gasteiger partial charge in [-0.2, -0.15) is 0 Å². The predicted molar refractivity (Wildman–Crippen MR) is 63.0 cm³/mol. The number of carbonyl (C=O) groups is 1. The fraction of sp³-hybridized carbons (Fsp3) is 0.182. The Morgan fingerprint density at radius 1 is 1.35 bits per heavy atom. The van der Waals surface area contributed by atoms with Gasteiger partial charge in [0.05, 0.1) is 0 Å². The number of H-pyrrole nitrogens is 2. The zero-order valence-electron chi connectivity index (χ0n) is 9.30. The van der Waals surface area contributed by atoms with Crippen molar-refractivity contribution in [2.45, 2.75) is 6.92 Å². The van der Waals surface area contributed by atoms with E-state index >= 15 is 0 Å². The topological polar surface area (TPSA) is 81.8 Å². The molecule has 0 aliphatic rings. The summed E-state index contributed by atoms with van der Waals surface area (Å²) in [5.74, 6) is -0.322. The van der Waals surface area contributed by atoms with Crippen molar-refractivity contribution in [2.24, 2.45) is 0 Å². The standard InChI is InChI=1S/C11H12N4O2/c1-2-15(8-6-4-3-5-7-8)10(16)9-12-11(17)14-13-9/h3-7H,2H2,1H3,(H2,12,13,14,17). The van der Waals surface area contributed by atoms with Crippen LogP contribution in [-0.2, 0) is 0 Å². The van der Waals surface area contributed by atoms with E-state index < -0.39 is 5.69 Å². The Morgan fingerprint density at radius 2 is 2.06 bits per heavy atom. The molecule has 1 aromatic heterocycles. The smallest absolute Gasteiger partial charge is 0.306 e. The molecule has 0 saturated heterocycles. The second kappa shape index (κ2) is 4.65. The number of hydrogen-bond donors (Lipinski definition) is 2. The third kappa shape index (κ3) is 2.25. The SMILES string of the molecule is CCN(C(=O)c1n[nH]c(=O)[nH]1)c1ccccc1. The molecule has 0 unspecified atom stereocenters. The van der Waals surface area contributed by atoms with E-state index in [1.54, 1.807) is 0 Å². The molecule has 0 aliphatic carbocycles. The van der Waals surface area contributed by atoms with Crippen LogP contribution >= 0.6 is 0 Å². The van der Waals surface area contributed by atoms with Crippen molar-refractivity contribution in [2.75, 3.05) is 11.4 Å². The Labute approximate surface area is 97.3 Å². The second-order valence-electron chi connectivity index (χ2n) is 3.41. The van der Waals surface area contributed by atoms with Crippen molar-refractivity contribution in [3.8, 4) is 0 Å². The summed E-state index contributed by atoms with van der Waals surface area (Å²) < 4.78 is 0. The van der Waals surface area contributed by atoms with Crippen LogP contribution in [0.1, 0.15) is 17.5 Å². The molecule has 0 bridgehead atoms. The number of hydrogen-bond acceptors (Lipinski definition) is 3. The molecule has 17 heavy (non-hydrogen) atoms. The first-order valence-electron chi connectivity index (χ1n) is 5.24. The van der Waals surface area contributed by atoms with Gasteiger partial charge in [-0.25, -0.2) is 9.89 Å². The van der Waals surface area contributed by atoms with Gasteiger partial charge in [-0.15, -0.1) is 5.10 Å². The minimum absolute atomic E-state index is 0.0145. The molecular formula is C11H12N4O2. The maximum atomic E-state index is 12.1. The molecule has 88 valence electrons. The Balaban J connectivity index is 2.31. The van der Waals surface area contributed by atoms with Gasteiger partial charge in [-0.05, 0) is 19.1 Å². The lowest BCUT2D eigenvalue weighted by molar-refractivity contribution is 0.0978. The van der Waals surface area contributed by atoms with Gasteiger partial charge in [0, 0.05) is 12.2 Å². The van der Waals surface area contributed by atoms with Gasteiger partial charge in [0.25, 0.3) is 5.91 Å². The van der Waals surface area contributed by atoms with Gasteiger partial charge in [0.2, 0.25) is 5.82 Å². The van der Waals surface area contributed by atoms with Crippen molar-refractivity contribution in [3.05, 3.63) is 46.6 Å². The van der Waals surface area contributed by atoms with Crippen LogP contribution < -0.4 is 10.6 Å². The van der Waals surface area contributed by atoms with Crippen molar-refractivity contribution in [3.63, 3.8) is 0 Å². The van der Waals surface area contributed by atoms with Gasteiger partial charge in [-0.3, -0.25) is 9.78 Å². The van der Waals surface area contributed by atoms with Gasteiger partial charge in [0.1, 0.15) is 0 Å². The number of nitrogens with one attached hydrogen (secondary N) is 2. The van der Waals surface area contributed by atoms with Gasteiger partial charge in [0.15, 0.2) is 0 Å². The fourth-order valence-corrected chi connectivity index (χ4v) is 1.55. The number of rotatable bonds is 3. The lowest BCUT2D eigenvalue weighted by Gasteiger charge is -2.19. The largest absolute Gasteiger partial charge is 0.341 e. The first-order chi connectivity index (χ1) is 8.22. The Morgan fingerprint density at radius 3 is 2.59 bits per heavy atom. The summed E-state index contributed by atoms with van der Waals surface area (Å²) in [6, 6.07) is 9.22. The quantitative estimate of drug-likeness (QED) is 0.819. The van der Waals surface area contributed by atoms with E-state index in [0.29, 0.717) is 6.54 Å². The monoisotopic (exact) mass is 232 g/mol. The summed E-state index contributed by atoms with van der Waals surface area (Å²) in [7, 11) is 0. The molecule has 0 atom stereocenters. The Bertz CT molecular complexity index is 558. The van der Waals surface area contributed by atoms with Crippen LogP contribution in [0.5, 0.6) is 0 Å². The number of benzene rings is 1. The summed E-state index contributed by atoms with van der Waals surface area (Å²) in [4.78, 5) is 26.8. The van der Waals surface area contributed by atoms with Gasteiger partial charge in [-0.1, -0.05) is 18.2 Å². The van der Waals surface area contributed by atoms with Crippen molar-refractivity contribution in [1.29, 1.82) is 0 Å². The van der Waals surface area contributed by atoms with Crippen LogP contribution in [0.4, 0.5) is 5.69 Å². The van der Waals surface area contributed by atoms with Crippen LogP contribution in [0.2, 0.25) is 0 Å². The Kier molecular flexibility index (Phi) is 3.04. The number of amides is 1. The molecule has 1 aromatic carbocycles. The highest BCUT2D eigenvalue weighted by atomic mass is 16.2. The second-order valence-corrected chi connectivity index (χ2v) is 3.41. The van der Waals surface area contributed by atoms with E-state index in [2.05, 4.69) is 15.2 Å². The third-order valence-electron chi connectivity index (χ3n) is 2.33. The number of aromatic nitrogens is 3. The van der Waals surface area contributed by atoms with Crippen molar-refractivity contribution >= 4 is 11.6 Å². The summed E-state index contributed by atoms with van der Waals surface area (Å²) in [6.07, 6.45) is 0. The number of carbonyl (C=O) groups excluding carboxylic acids is 1. The highest BCUT2D eigenvalue weighted by molar-refractivity contribution is 6.03. The average Bonchev–Trinajstić information content (AvgIpc) is 2.78. The molecule has 2 N–H and O–H groups in total.